The first-order valence-electron chi connectivity index (χ1n) is 10.0. The number of barbiturate groups is 1. The average Bonchev–Trinajstić information content (AvgIpc) is 2.77. The fourth-order valence-corrected chi connectivity index (χ4v) is 3.48. The Morgan fingerprint density at radius 1 is 1.12 bits per heavy atom. The van der Waals surface area contributed by atoms with Crippen LogP contribution < -0.4 is 19.7 Å². The third kappa shape index (κ3) is 5.20. The minimum absolute atomic E-state index is 0.0394. The molecular formula is C22H20BrN3O7. The van der Waals surface area contributed by atoms with E-state index in [1.54, 1.807) is 12.1 Å². The van der Waals surface area contributed by atoms with Gasteiger partial charge in [-0.25, -0.2) is 9.69 Å². The number of ether oxygens (including phenoxy) is 2. The predicted molar refractivity (Wildman–Crippen MR) is 123 cm³/mol. The Bertz CT molecular complexity index is 1160. The number of carbonyl (C=O) groups excluding carboxylic acids is 3. The first kappa shape index (κ1) is 23.9. The fraction of sp³-hybridized carbons (Fsp3) is 0.227. The second-order valence-electron chi connectivity index (χ2n) is 6.84. The van der Waals surface area contributed by atoms with Gasteiger partial charge in [-0.1, -0.05) is 28.9 Å². The molecule has 1 aliphatic heterocycles. The van der Waals surface area contributed by atoms with E-state index in [0.29, 0.717) is 39.6 Å². The van der Waals surface area contributed by atoms with Crippen LogP contribution in [0, 0.1) is 10.1 Å². The summed E-state index contributed by atoms with van der Waals surface area (Å²) in [7, 11) is 0. The molecule has 2 aromatic carbocycles. The number of anilines is 1. The molecule has 172 valence electrons. The van der Waals surface area contributed by atoms with E-state index in [4.69, 9.17) is 9.47 Å². The summed E-state index contributed by atoms with van der Waals surface area (Å²) in [5.74, 6) is -0.875. The number of halogens is 1. The maximum absolute atomic E-state index is 13.1. The Morgan fingerprint density at radius 2 is 1.85 bits per heavy atom. The van der Waals surface area contributed by atoms with Gasteiger partial charge in [0.2, 0.25) is 0 Å². The molecule has 10 nitrogen and oxygen atoms in total. The van der Waals surface area contributed by atoms with Crippen LogP contribution in [0.2, 0.25) is 0 Å². The monoisotopic (exact) mass is 517 g/mol. The van der Waals surface area contributed by atoms with Crippen LogP contribution in [-0.4, -0.2) is 36.0 Å². The minimum Gasteiger partial charge on any atom is -0.490 e. The van der Waals surface area contributed by atoms with Gasteiger partial charge in [-0.3, -0.25) is 25.0 Å². The Kier molecular flexibility index (Phi) is 7.44. The van der Waals surface area contributed by atoms with Crippen molar-refractivity contribution < 1.29 is 28.8 Å². The molecule has 3 rings (SSSR count). The third-order valence-corrected chi connectivity index (χ3v) is 5.21. The number of urea groups is 1. The zero-order chi connectivity index (χ0) is 24.1. The zero-order valence-corrected chi connectivity index (χ0v) is 19.4. The molecule has 0 unspecified atom stereocenters. The van der Waals surface area contributed by atoms with Crippen LogP contribution in [0.1, 0.15) is 25.8 Å². The Hall–Kier alpha value is -3.73. The number of hydrogen-bond acceptors (Lipinski definition) is 7. The van der Waals surface area contributed by atoms with Gasteiger partial charge in [0.1, 0.15) is 5.57 Å². The zero-order valence-electron chi connectivity index (χ0n) is 17.8. The van der Waals surface area contributed by atoms with Crippen molar-refractivity contribution in [2.24, 2.45) is 0 Å². The molecule has 0 aliphatic carbocycles. The average molecular weight is 518 g/mol. The van der Waals surface area contributed by atoms with E-state index in [1.807, 2.05) is 13.8 Å². The summed E-state index contributed by atoms with van der Waals surface area (Å²) in [6.07, 6.45) is 2.11. The normalized spacial score (nSPS) is 14.9. The van der Waals surface area contributed by atoms with Gasteiger partial charge in [0.05, 0.1) is 23.8 Å². The molecular weight excluding hydrogens is 498 g/mol. The van der Waals surface area contributed by atoms with Crippen LogP contribution in [0.25, 0.3) is 6.08 Å². The highest BCUT2D eigenvalue weighted by molar-refractivity contribution is 9.10. The van der Waals surface area contributed by atoms with Gasteiger partial charge < -0.3 is 9.47 Å². The van der Waals surface area contributed by atoms with Gasteiger partial charge in [0, 0.05) is 16.6 Å². The van der Waals surface area contributed by atoms with Crippen molar-refractivity contribution >= 4 is 51.2 Å². The maximum atomic E-state index is 13.1. The number of imide groups is 2. The van der Waals surface area contributed by atoms with Crippen molar-refractivity contribution in [2.75, 3.05) is 18.1 Å². The van der Waals surface area contributed by atoms with E-state index in [1.165, 1.54) is 24.3 Å². The Labute approximate surface area is 197 Å². The summed E-state index contributed by atoms with van der Waals surface area (Å²) in [4.78, 5) is 49.1. The molecule has 4 amide bonds. The third-order valence-electron chi connectivity index (χ3n) is 4.52. The van der Waals surface area contributed by atoms with Crippen LogP contribution >= 0.6 is 15.9 Å². The number of hydrogen-bond donors (Lipinski definition) is 1. The highest BCUT2D eigenvalue weighted by Gasteiger charge is 2.37. The van der Waals surface area contributed by atoms with Gasteiger partial charge in [-0.2, -0.15) is 0 Å². The molecule has 1 aliphatic rings. The quantitative estimate of drug-likeness (QED) is 0.240. The summed E-state index contributed by atoms with van der Waals surface area (Å²) in [6, 6.07) is 7.29. The summed E-state index contributed by atoms with van der Waals surface area (Å²) in [5, 5.41) is 13.2. The molecule has 0 aromatic heterocycles. The predicted octanol–water partition coefficient (Wildman–Crippen LogP) is 4.21. The van der Waals surface area contributed by atoms with Gasteiger partial charge in [0.25, 0.3) is 17.5 Å². The molecule has 1 N–H and O–H groups in total. The summed E-state index contributed by atoms with van der Waals surface area (Å²) in [6.45, 7) is 4.63. The number of nitro groups is 1. The van der Waals surface area contributed by atoms with Crippen molar-refractivity contribution in [2.45, 2.75) is 20.3 Å². The summed E-state index contributed by atoms with van der Waals surface area (Å²) in [5.41, 5.74) is -0.231. The van der Waals surface area contributed by atoms with E-state index in [-0.39, 0.29) is 16.9 Å². The summed E-state index contributed by atoms with van der Waals surface area (Å²) < 4.78 is 11.9. The lowest BCUT2D eigenvalue weighted by Gasteiger charge is -2.26. The van der Waals surface area contributed by atoms with E-state index in [2.05, 4.69) is 21.2 Å². The molecule has 1 saturated heterocycles. The second-order valence-corrected chi connectivity index (χ2v) is 7.69. The van der Waals surface area contributed by atoms with Crippen LogP contribution in [0.5, 0.6) is 11.5 Å². The van der Waals surface area contributed by atoms with Crippen LogP contribution in [0.4, 0.5) is 16.2 Å². The topological polar surface area (TPSA) is 128 Å². The number of carbonyl (C=O) groups is 3. The van der Waals surface area contributed by atoms with Gasteiger partial charge in [-0.05, 0) is 43.2 Å². The highest BCUT2D eigenvalue weighted by atomic mass is 79.9. The lowest BCUT2D eigenvalue weighted by atomic mass is 10.1. The lowest BCUT2D eigenvalue weighted by molar-refractivity contribution is -0.384. The lowest BCUT2D eigenvalue weighted by Crippen LogP contribution is -2.54. The van der Waals surface area contributed by atoms with Gasteiger partial charge >= 0.3 is 6.03 Å². The number of amides is 4. The first-order chi connectivity index (χ1) is 15.8. The first-order valence-corrected chi connectivity index (χ1v) is 10.8. The molecule has 0 spiro atoms. The number of nitrogens with zero attached hydrogens (tertiary/aromatic N) is 2. The van der Waals surface area contributed by atoms with Crippen molar-refractivity contribution in [1.29, 1.82) is 0 Å². The smallest absolute Gasteiger partial charge is 0.335 e. The van der Waals surface area contributed by atoms with E-state index >= 15 is 0 Å². The standard InChI is InChI=1S/C22H20BrN3O7/c1-3-8-33-19-12-17(23)13(10-18(19)32-4-2)9-16-20(27)24-22(29)25(21(16)28)14-6-5-7-15(11-14)26(30)31/h5-7,9-12H,3-4,8H2,1-2H3,(H,24,27,29)/b16-9-. The van der Waals surface area contributed by atoms with Gasteiger partial charge in [-0.15, -0.1) is 0 Å². The van der Waals surface area contributed by atoms with Crippen LogP contribution in [-0.2, 0) is 9.59 Å². The summed E-state index contributed by atoms with van der Waals surface area (Å²) >= 11 is 3.41. The SMILES string of the molecule is CCCOc1cc(Br)c(/C=C2/C(=O)NC(=O)N(c3cccc([N+](=O)[O-])c3)C2=O)cc1OCC. The molecule has 0 saturated carbocycles. The molecule has 1 fully saturated rings. The largest absolute Gasteiger partial charge is 0.490 e. The van der Waals surface area contributed by atoms with Crippen LogP contribution in [0.15, 0.2) is 46.4 Å². The Morgan fingerprint density at radius 3 is 2.52 bits per heavy atom. The maximum Gasteiger partial charge on any atom is 0.335 e. The molecule has 33 heavy (non-hydrogen) atoms. The van der Waals surface area contributed by atoms with Crippen LogP contribution in [0.3, 0.4) is 0 Å². The van der Waals surface area contributed by atoms with E-state index < -0.39 is 22.8 Å². The number of nitrogens with one attached hydrogen (secondary N) is 1. The molecule has 1 heterocycles. The fourth-order valence-electron chi connectivity index (χ4n) is 3.05. The molecule has 2 aromatic rings. The number of benzene rings is 2. The number of rotatable bonds is 8. The van der Waals surface area contributed by atoms with Crippen molar-refractivity contribution in [3.05, 3.63) is 62.1 Å². The number of non-ortho nitro benzene ring substituents is 1. The molecule has 0 atom stereocenters. The minimum atomic E-state index is -1.000. The van der Waals surface area contributed by atoms with Crippen molar-refractivity contribution in [1.82, 2.24) is 5.32 Å². The molecule has 11 heteroatoms. The van der Waals surface area contributed by atoms with Crippen molar-refractivity contribution in [3.8, 4) is 11.5 Å². The second kappa shape index (κ2) is 10.3. The van der Waals surface area contributed by atoms with E-state index in [0.717, 1.165) is 12.5 Å². The highest BCUT2D eigenvalue weighted by Crippen LogP contribution is 2.35. The van der Waals surface area contributed by atoms with Gasteiger partial charge in [0.15, 0.2) is 11.5 Å². The van der Waals surface area contributed by atoms with Crippen molar-refractivity contribution in [3.63, 3.8) is 0 Å². The number of nitro benzene ring substituents is 1. The molecule has 0 bridgehead atoms. The van der Waals surface area contributed by atoms with E-state index in [9.17, 15) is 24.5 Å². The molecule has 0 radical (unpaired) electrons. The Balaban J connectivity index is 2.03.